The molecule has 1 aliphatic heterocycles. The predicted molar refractivity (Wildman–Crippen MR) is 132 cm³/mol. The number of hydrogen-bond acceptors (Lipinski definition) is 6. The van der Waals surface area contributed by atoms with Gasteiger partial charge in [-0.15, -0.1) is 0 Å². The number of carbonyl (C=O) groups is 1. The van der Waals surface area contributed by atoms with Crippen LogP contribution < -0.4 is 24.8 Å². The molecule has 1 aliphatic rings. The molecule has 1 heterocycles. The van der Waals surface area contributed by atoms with Gasteiger partial charge in [0.2, 0.25) is 5.91 Å². The summed E-state index contributed by atoms with van der Waals surface area (Å²) in [5, 5.41) is 6.00. The Morgan fingerprint density at radius 2 is 1.56 bits per heavy atom. The zero-order valence-electron chi connectivity index (χ0n) is 19.1. The van der Waals surface area contributed by atoms with Crippen molar-refractivity contribution in [1.29, 1.82) is 0 Å². The minimum atomic E-state index is -0.143. The third-order valence-corrected chi connectivity index (χ3v) is 5.25. The summed E-state index contributed by atoms with van der Waals surface area (Å²) in [5.41, 5.74) is 1.52. The molecule has 2 N–H and O–H groups in total. The number of rotatable bonds is 12. The van der Waals surface area contributed by atoms with Crippen molar-refractivity contribution < 1.29 is 23.7 Å². The molecular formula is C27H30N2O5. The van der Waals surface area contributed by atoms with Crippen LogP contribution in [0.4, 0.5) is 11.4 Å². The van der Waals surface area contributed by atoms with Crippen LogP contribution in [0, 0.1) is 0 Å². The Balaban J connectivity index is 1.15. The lowest BCUT2D eigenvalue weighted by molar-refractivity contribution is -0.114. The summed E-state index contributed by atoms with van der Waals surface area (Å²) >= 11 is 0. The van der Waals surface area contributed by atoms with Crippen molar-refractivity contribution in [1.82, 2.24) is 0 Å². The van der Waals surface area contributed by atoms with Crippen molar-refractivity contribution in [3.05, 3.63) is 78.9 Å². The highest BCUT2D eigenvalue weighted by atomic mass is 16.5. The number of hydrogen-bond donors (Lipinski definition) is 2. The standard InChI is InChI=1S/C27H30N2O5/c30-27(29-21-11-13-24(14-12-21)34-20-26-10-5-15-31-26)19-28-22-6-4-9-25(18-22)33-17-16-32-23-7-2-1-3-8-23/h1-4,6-9,11-14,18,26,28H,5,10,15-17,19-20H2,(H,29,30). The predicted octanol–water partition coefficient (Wildman–Crippen LogP) is 4.75. The molecule has 4 rings (SSSR count). The van der Waals surface area contributed by atoms with E-state index < -0.39 is 0 Å². The van der Waals surface area contributed by atoms with Gasteiger partial charge in [-0.25, -0.2) is 0 Å². The van der Waals surface area contributed by atoms with E-state index in [9.17, 15) is 4.79 Å². The van der Waals surface area contributed by atoms with Crippen molar-refractivity contribution in [2.75, 3.05) is 43.6 Å². The lowest BCUT2D eigenvalue weighted by Gasteiger charge is -2.12. The maximum Gasteiger partial charge on any atom is 0.243 e. The monoisotopic (exact) mass is 462 g/mol. The van der Waals surface area contributed by atoms with Crippen molar-refractivity contribution in [2.45, 2.75) is 18.9 Å². The first-order valence-corrected chi connectivity index (χ1v) is 11.5. The number of benzene rings is 3. The summed E-state index contributed by atoms with van der Waals surface area (Å²) in [4.78, 5) is 12.3. The highest BCUT2D eigenvalue weighted by molar-refractivity contribution is 5.93. The number of anilines is 2. The second kappa shape index (κ2) is 12.5. The third kappa shape index (κ3) is 7.71. The van der Waals surface area contributed by atoms with E-state index in [1.165, 1.54) is 0 Å². The fourth-order valence-corrected chi connectivity index (χ4v) is 3.52. The van der Waals surface area contributed by atoms with E-state index in [2.05, 4.69) is 10.6 Å². The van der Waals surface area contributed by atoms with Crippen molar-refractivity contribution >= 4 is 17.3 Å². The SMILES string of the molecule is O=C(CNc1cccc(OCCOc2ccccc2)c1)Nc1ccc(OCC2CCCO2)cc1. The van der Waals surface area contributed by atoms with E-state index in [0.717, 1.165) is 36.6 Å². The normalized spacial score (nSPS) is 14.9. The van der Waals surface area contributed by atoms with Gasteiger partial charge in [0.05, 0.1) is 12.6 Å². The molecule has 1 fully saturated rings. The van der Waals surface area contributed by atoms with Gasteiger partial charge in [0.25, 0.3) is 0 Å². The summed E-state index contributed by atoms with van der Waals surface area (Å²) in [6, 6.07) is 24.5. The molecule has 178 valence electrons. The zero-order valence-corrected chi connectivity index (χ0v) is 19.1. The van der Waals surface area contributed by atoms with Crippen LogP contribution in [-0.2, 0) is 9.53 Å². The lowest BCUT2D eigenvalue weighted by atomic mass is 10.2. The average Bonchev–Trinajstić information content (AvgIpc) is 3.40. The Morgan fingerprint density at radius 1 is 0.824 bits per heavy atom. The summed E-state index contributed by atoms with van der Waals surface area (Å²) in [6.45, 7) is 2.37. The molecule has 7 heteroatoms. The molecule has 34 heavy (non-hydrogen) atoms. The van der Waals surface area contributed by atoms with E-state index in [1.54, 1.807) is 0 Å². The first kappa shape index (κ1) is 23.4. The van der Waals surface area contributed by atoms with Crippen molar-refractivity contribution in [2.24, 2.45) is 0 Å². The number of para-hydroxylation sites is 1. The Kier molecular flexibility index (Phi) is 8.63. The van der Waals surface area contributed by atoms with E-state index >= 15 is 0 Å². The topological polar surface area (TPSA) is 78.1 Å². The van der Waals surface area contributed by atoms with Crippen molar-refractivity contribution in [3.8, 4) is 17.2 Å². The van der Waals surface area contributed by atoms with Crippen LogP contribution in [0.1, 0.15) is 12.8 Å². The second-order valence-electron chi connectivity index (χ2n) is 7.91. The van der Waals surface area contributed by atoms with Crippen LogP contribution in [0.25, 0.3) is 0 Å². The number of carbonyl (C=O) groups excluding carboxylic acids is 1. The Hall–Kier alpha value is -3.71. The largest absolute Gasteiger partial charge is 0.491 e. The maximum absolute atomic E-state index is 12.3. The van der Waals surface area contributed by atoms with Crippen LogP contribution in [0.5, 0.6) is 17.2 Å². The third-order valence-electron chi connectivity index (χ3n) is 5.25. The van der Waals surface area contributed by atoms with Gasteiger partial charge in [-0.2, -0.15) is 0 Å². The lowest BCUT2D eigenvalue weighted by Crippen LogP contribution is -2.21. The summed E-state index contributed by atoms with van der Waals surface area (Å²) in [6.07, 6.45) is 2.31. The molecular weight excluding hydrogens is 432 g/mol. The number of ether oxygens (including phenoxy) is 4. The van der Waals surface area contributed by atoms with E-state index in [0.29, 0.717) is 31.3 Å². The molecule has 1 saturated heterocycles. The Labute approximate surface area is 200 Å². The molecule has 1 atom stereocenters. The molecule has 0 aliphatic carbocycles. The minimum absolute atomic E-state index is 0.137. The van der Waals surface area contributed by atoms with Gasteiger partial charge in [-0.1, -0.05) is 24.3 Å². The average molecular weight is 463 g/mol. The van der Waals surface area contributed by atoms with Gasteiger partial charge >= 0.3 is 0 Å². The first-order valence-electron chi connectivity index (χ1n) is 11.5. The zero-order chi connectivity index (χ0) is 23.4. The number of amides is 1. The molecule has 0 spiro atoms. The van der Waals surface area contributed by atoms with Crippen LogP contribution in [-0.4, -0.2) is 45.0 Å². The van der Waals surface area contributed by atoms with Gasteiger partial charge in [-0.3, -0.25) is 4.79 Å². The number of nitrogens with one attached hydrogen (secondary N) is 2. The van der Waals surface area contributed by atoms with Gasteiger partial charge < -0.3 is 29.6 Å². The summed E-state index contributed by atoms with van der Waals surface area (Å²) in [7, 11) is 0. The quantitative estimate of drug-likeness (QED) is 0.378. The smallest absolute Gasteiger partial charge is 0.243 e. The molecule has 1 unspecified atom stereocenters. The van der Waals surface area contributed by atoms with Crippen LogP contribution in [0.2, 0.25) is 0 Å². The van der Waals surface area contributed by atoms with E-state index in [1.807, 2.05) is 78.9 Å². The molecule has 0 bridgehead atoms. The fourth-order valence-electron chi connectivity index (χ4n) is 3.52. The van der Waals surface area contributed by atoms with Gasteiger partial charge in [0.15, 0.2) is 0 Å². The molecule has 3 aromatic carbocycles. The molecule has 0 radical (unpaired) electrons. The molecule has 0 saturated carbocycles. The maximum atomic E-state index is 12.3. The summed E-state index contributed by atoms with van der Waals surface area (Å²) < 4.78 is 22.7. The van der Waals surface area contributed by atoms with Gasteiger partial charge in [0.1, 0.15) is 37.1 Å². The minimum Gasteiger partial charge on any atom is -0.491 e. The molecule has 3 aromatic rings. The van der Waals surface area contributed by atoms with E-state index in [4.69, 9.17) is 18.9 Å². The van der Waals surface area contributed by atoms with Crippen molar-refractivity contribution in [3.63, 3.8) is 0 Å². The molecule has 1 amide bonds. The van der Waals surface area contributed by atoms with Gasteiger partial charge in [0, 0.05) is 24.0 Å². The van der Waals surface area contributed by atoms with Gasteiger partial charge in [-0.05, 0) is 61.4 Å². The molecule has 0 aromatic heterocycles. The van der Waals surface area contributed by atoms with Crippen LogP contribution >= 0.6 is 0 Å². The Bertz CT molecular complexity index is 1020. The van der Waals surface area contributed by atoms with E-state index in [-0.39, 0.29) is 18.6 Å². The van der Waals surface area contributed by atoms with Crippen LogP contribution in [0.3, 0.4) is 0 Å². The highest BCUT2D eigenvalue weighted by Gasteiger charge is 2.15. The van der Waals surface area contributed by atoms with Crippen LogP contribution in [0.15, 0.2) is 78.9 Å². The molecule has 7 nitrogen and oxygen atoms in total. The Morgan fingerprint density at radius 3 is 2.32 bits per heavy atom. The highest BCUT2D eigenvalue weighted by Crippen LogP contribution is 2.19. The first-order chi connectivity index (χ1) is 16.7. The summed E-state index contributed by atoms with van der Waals surface area (Å²) in [5.74, 6) is 2.14. The fraction of sp³-hybridized carbons (Fsp3) is 0.296. The second-order valence-corrected chi connectivity index (χ2v) is 7.91.